The first-order valence-corrected chi connectivity index (χ1v) is 6.49. The number of carbonyl (C=O) groups is 1. The molecule has 0 fully saturated rings. The molecule has 0 radical (unpaired) electrons. The standard InChI is InChI=1S/C16H14N2O3/c1-10-5-3-8-14(17-10)18-16(19)13-9-11-6-4-7-12(20-2)15(11)21-13/h3-9H,1-2H3,(H,17,18,19). The molecule has 3 rings (SSSR count). The lowest BCUT2D eigenvalue weighted by atomic mass is 10.2. The van der Waals surface area contributed by atoms with Gasteiger partial charge in [-0.15, -0.1) is 0 Å². The third kappa shape index (κ3) is 2.58. The van der Waals surface area contributed by atoms with E-state index in [1.807, 2.05) is 31.2 Å². The van der Waals surface area contributed by atoms with E-state index < -0.39 is 0 Å². The fraction of sp³-hybridized carbons (Fsp3) is 0.125. The Balaban J connectivity index is 1.91. The molecule has 0 aliphatic carbocycles. The third-order valence-corrected chi connectivity index (χ3v) is 3.08. The quantitative estimate of drug-likeness (QED) is 0.799. The van der Waals surface area contributed by atoms with E-state index >= 15 is 0 Å². The molecule has 0 unspecified atom stereocenters. The van der Waals surface area contributed by atoms with Crippen LogP contribution in [0, 0.1) is 6.92 Å². The monoisotopic (exact) mass is 282 g/mol. The van der Waals surface area contributed by atoms with Gasteiger partial charge in [0.2, 0.25) is 0 Å². The molecule has 2 heterocycles. The van der Waals surface area contributed by atoms with E-state index in [1.165, 1.54) is 0 Å². The zero-order valence-electron chi connectivity index (χ0n) is 11.7. The second-order valence-electron chi connectivity index (χ2n) is 4.61. The van der Waals surface area contributed by atoms with E-state index in [9.17, 15) is 4.79 Å². The van der Waals surface area contributed by atoms with Gasteiger partial charge in [0.05, 0.1) is 7.11 Å². The van der Waals surface area contributed by atoms with Crippen LogP contribution in [0.3, 0.4) is 0 Å². The van der Waals surface area contributed by atoms with Crippen molar-refractivity contribution in [2.75, 3.05) is 12.4 Å². The zero-order valence-corrected chi connectivity index (χ0v) is 11.7. The van der Waals surface area contributed by atoms with E-state index in [0.29, 0.717) is 17.2 Å². The predicted molar refractivity (Wildman–Crippen MR) is 79.7 cm³/mol. The topological polar surface area (TPSA) is 64.4 Å². The number of ether oxygens (including phenoxy) is 1. The molecule has 0 spiro atoms. The number of anilines is 1. The van der Waals surface area contributed by atoms with Crippen molar-refractivity contribution >= 4 is 22.7 Å². The molecule has 0 bridgehead atoms. The van der Waals surface area contributed by atoms with Crippen molar-refractivity contribution in [3.05, 3.63) is 53.9 Å². The molecular formula is C16H14N2O3. The maximum Gasteiger partial charge on any atom is 0.292 e. The number of pyridine rings is 1. The van der Waals surface area contributed by atoms with E-state index in [-0.39, 0.29) is 11.7 Å². The van der Waals surface area contributed by atoms with Crippen LogP contribution in [0.5, 0.6) is 5.75 Å². The summed E-state index contributed by atoms with van der Waals surface area (Å²) >= 11 is 0. The average molecular weight is 282 g/mol. The fourth-order valence-corrected chi connectivity index (χ4v) is 2.10. The second-order valence-corrected chi connectivity index (χ2v) is 4.61. The first-order chi connectivity index (χ1) is 10.2. The first kappa shape index (κ1) is 13.2. The van der Waals surface area contributed by atoms with Crippen LogP contribution in [-0.4, -0.2) is 18.0 Å². The number of amides is 1. The molecule has 1 N–H and O–H groups in total. The maximum atomic E-state index is 12.2. The highest BCUT2D eigenvalue weighted by atomic mass is 16.5. The van der Waals surface area contributed by atoms with Crippen molar-refractivity contribution in [3.8, 4) is 5.75 Å². The summed E-state index contributed by atoms with van der Waals surface area (Å²) in [5.74, 6) is 0.969. The predicted octanol–water partition coefficient (Wildman–Crippen LogP) is 3.40. The molecule has 3 aromatic rings. The zero-order chi connectivity index (χ0) is 14.8. The summed E-state index contributed by atoms with van der Waals surface area (Å²) in [5.41, 5.74) is 1.39. The molecule has 1 aromatic carbocycles. The molecule has 0 saturated carbocycles. The fourth-order valence-electron chi connectivity index (χ4n) is 2.10. The van der Waals surface area contributed by atoms with Gasteiger partial charge in [0.25, 0.3) is 5.91 Å². The number of carbonyl (C=O) groups excluding carboxylic acids is 1. The van der Waals surface area contributed by atoms with Gasteiger partial charge in [0.15, 0.2) is 17.1 Å². The number of para-hydroxylation sites is 1. The van der Waals surface area contributed by atoms with Crippen LogP contribution in [0.2, 0.25) is 0 Å². The Labute approximate surface area is 121 Å². The van der Waals surface area contributed by atoms with Gasteiger partial charge >= 0.3 is 0 Å². The van der Waals surface area contributed by atoms with Crippen LogP contribution in [0.25, 0.3) is 11.0 Å². The minimum absolute atomic E-state index is 0.220. The minimum atomic E-state index is -0.341. The highest BCUT2D eigenvalue weighted by Crippen LogP contribution is 2.28. The Bertz CT molecular complexity index is 808. The molecule has 21 heavy (non-hydrogen) atoms. The highest BCUT2D eigenvalue weighted by Gasteiger charge is 2.15. The van der Waals surface area contributed by atoms with Crippen LogP contribution >= 0.6 is 0 Å². The number of furan rings is 1. The van der Waals surface area contributed by atoms with Gasteiger partial charge < -0.3 is 14.5 Å². The summed E-state index contributed by atoms with van der Waals surface area (Å²) in [7, 11) is 1.56. The number of aryl methyl sites for hydroxylation is 1. The third-order valence-electron chi connectivity index (χ3n) is 3.08. The summed E-state index contributed by atoms with van der Waals surface area (Å²) in [6.07, 6.45) is 0. The highest BCUT2D eigenvalue weighted by molar-refractivity contribution is 6.04. The number of hydrogen-bond acceptors (Lipinski definition) is 4. The summed E-state index contributed by atoms with van der Waals surface area (Å²) in [6, 6.07) is 12.6. The van der Waals surface area contributed by atoms with Crippen LogP contribution in [0.15, 0.2) is 46.9 Å². The van der Waals surface area contributed by atoms with Crippen LogP contribution in [-0.2, 0) is 0 Å². The molecule has 2 aromatic heterocycles. The van der Waals surface area contributed by atoms with Crippen molar-refractivity contribution in [1.82, 2.24) is 4.98 Å². The summed E-state index contributed by atoms with van der Waals surface area (Å²) in [4.78, 5) is 16.4. The molecular weight excluding hydrogens is 268 g/mol. The Morgan fingerprint density at radius 2 is 2.05 bits per heavy atom. The minimum Gasteiger partial charge on any atom is -0.493 e. The molecule has 106 valence electrons. The Kier molecular flexibility index (Phi) is 3.31. The molecule has 1 amide bonds. The van der Waals surface area contributed by atoms with Gasteiger partial charge in [-0.05, 0) is 31.2 Å². The largest absolute Gasteiger partial charge is 0.493 e. The molecule has 0 atom stereocenters. The molecule has 5 nitrogen and oxygen atoms in total. The number of rotatable bonds is 3. The number of nitrogens with one attached hydrogen (secondary N) is 1. The van der Waals surface area contributed by atoms with E-state index in [0.717, 1.165) is 11.1 Å². The van der Waals surface area contributed by atoms with Crippen LogP contribution < -0.4 is 10.1 Å². The molecule has 0 aliphatic rings. The average Bonchev–Trinajstić information content (AvgIpc) is 2.91. The van der Waals surface area contributed by atoms with Gasteiger partial charge in [-0.25, -0.2) is 4.98 Å². The van der Waals surface area contributed by atoms with E-state index in [1.54, 1.807) is 25.3 Å². The lowest BCUT2D eigenvalue weighted by Gasteiger charge is -2.02. The van der Waals surface area contributed by atoms with Gasteiger partial charge in [-0.1, -0.05) is 18.2 Å². The van der Waals surface area contributed by atoms with Gasteiger partial charge in [-0.3, -0.25) is 4.79 Å². The van der Waals surface area contributed by atoms with E-state index in [4.69, 9.17) is 9.15 Å². The Hall–Kier alpha value is -2.82. The van der Waals surface area contributed by atoms with Crippen molar-refractivity contribution in [2.45, 2.75) is 6.92 Å². The lowest BCUT2D eigenvalue weighted by Crippen LogP contribution is -2.12. The summed E-state index contributed by atoms with van der Waals surface area (Å²) in [5, 5.41) is 3.53. The number of nitrogens with zero attached hydrogens (tertiary/aromatic N) is 1. The smallest absolute Gasteiger partial charge is 0.292 e. The van der Waals surface area contributed by atoms with Gasteiger partial charge in [0.1, 0.15) is 5.82 Å². The first-order valence-electron chi connectivity index (χ1n) is 6.49. The van der Waals surface area contributed by atoms with E-state index in [2.05, 4.69) is 10.3 Å². The number of benzene rings is 1. The van der Waals surface area contributed by atoms with Crippen LogP contribution in [0.1, 0.15) is 16.2 Å². The van der Waals surface area contributed by atoms with Crippen molar-refractivity contribution < 1.29 is 13.9 Å². The normalized spacial score (nSPS) is 10.6. The SMILES string of the molecule is COc1cccc2cc(C(=O)Nc3cccc(C)n3)oc12. The second kappa shape index (κ2) is 5.28. The molecule has 0 saturated heterocycles. The lowest BCUT2D eigenvalue weighted by molar-refractivity contribution is 0.0998. The van der Waals surface area contributed by atoms with Crippen LogP contribution in [0.4, 0.5) is 5.82 Å². The number of fused-ring (bicyclic) bond motifs is 1. The number of hydrogen-bond donors (Lipinski definition) is 1. The van der Waals surface area contributed by atoms with Crippen molar-refractivity contribution in [1.29, 1.82) is 0 Å². The number of methoxy groups -OCH3 is 1. The summed E-state index contributed by atoms with van der Waals surface area (Å²) in [6.45, 7) is 1.86. The molecule has 0 aliphatic heterocycles. The van der Waals surface area contributed by atoms with Crippen molar-refractivity contribution in [2.24, 2.45) is 0 Å². The Morgan fingerprint density at radius 3 is 2.81 bits per heavy atom. The van der Waals surface area contributed by atoms with Gasteiger partial charge in [0, 0.05) is 11.1 Å². The summed E-state index contributed by atoms with van der Waals surface area (Å²) < 4.78 is 10.8. The van der Waals surface area contributed by atoms with Gasteiger partial charge in [-0.2, -0.15) is 0 Å². The Morgan fingerprint density at radius 1 is 1.24 bits per heavy atom. The number of aromatic nitrogens is 1. The maximum absolute atomic E-state index is 12.2. The van der Waals surface area contributed by atoms with Crippen molar-refractivity contribution in [3.63, 3.8) is 0 Å². The molecule has 5 heteroatoms.